The molecular weight excluding hydrogens is 602 g/mol. The fourth-order valence-electron chi connectivity index (χ4n) is 7.04. The van der Waals surface area contributed by atoms with Crippen LogP contribution in [0.2, 0.25) is 0 Å². The molecule has 2 unspecified atom stereocenters. The third kappa shape index (κ3) is 5.39. The predicted molar refractivity (Wildman–Crippen MR) is 143 cm³/mol. The van der Waals surface area contributed by atoms with Gasteiger partial charge in [0.05, 0.1) is 16.6 Å². The second kappa shape index (κ2) is 11.0. The molecule has 0 saturated heterocycles. The van der Waals surface area contributed by atoms with Crippen LogP contribution in [0.4, 0.5) is 32.0 Å². The highest BCUT2D eigenvalue weighted by Crippen LogP contribution is 2.51. The minimum atomic E-state index is -6.10. The normalized spacial score (nSPS) is 26.0. The van der Waals surface area contributed by atoms with Crippen LogP contribution in [-0.4, -0.2) is 55.6 Å². The standard InChI is InChI=1S/C29H32F6N2O5S/c1-16-2-9-22(10-3-16)43(41,42)37-21(14-25(39)36-26-19-5-4-17(12-19)23(26)15-38)8-6-18-13-20(7-11-24(18)37)27(40,28(30,31)32)29(33,34)35/h2-3,7,9-11,13,17,19,21,23,26,38,40H,4-6,8,12,14-15H2,1H3,(H,36,39)/t17?,19?,21-,23-,26+/m0/s1. The van der Waals surface area contributed by atoms with Crippen LogP contribution in [0, 0.1) is 24.7 Å². The summed E-state index contributed by atoms with van der Waals surface area (Å²) in [5.74, 6) is -0.0816. The van der Waals surface area contributed by atoms with E-state index in [2.05, 4.69) is 5.32 Å². The number of rotatable bonds is 7. The molecule has 2 aromatic rings. The molecule has 43 heavy (non-hydrogen) atoms. The van der Waals surface area contributed by atoms with Crippen molar-refractivity contribution in [3.8, 4) is 0 Å². The van der Waals surface area contributed by atoms with E-state index in [1.807, 2.05) is 0 Å². The number of amides is 1. The van der Waals surface area contributed by atoms with Crippen molar-refractivity contribution in [3.63, 3.8) is 0 Å². The third-order valence-electron chi connectivity index (χ3n) is 9.26. The minimum Gasteiger partial charge on any atom is -0.396 e. The number of sulfonamides is 1. The maximum atomic E-state index is 14.0. The number of hydrogen-bond acceptors (Lipinski definition) is 5. The number of nitrogens with zero attached hydrogens (tertiary/aromatic N) is 1. The van der Waals surface area contributed by atoms with Gasteiger partial charge in [-0.3, -0.25) is 9.10 Å². The van der Waals surface area contributed by atoms with Crippen molar-refractivity contribution in [1.29, 1.82) is 0 Å². The zero-order chi connectivity index (χ0) is 31.5. The average Bonchev–Trinajstić information content (AvgIpc) is 3.53. The van der Waals surface area contributed by atoms with Crippen LogP contribution in [0.3, 0.4) is 0 Å². The van der Waals surface area contributed by atoms with E-state index in [1.54, 1.807) is 19.1 Å². The lowest BCUT2D eigenvalue weighted by Gasteiger charge is -2.39. The fourth-order valence-corrected chi connectivity index (χ4v) is 8.76. The zero-order valence-corrected chi connectivity index (χ0v) is 23.9. The Labute approximate surface area is 244 Å². The maximum Gasteiger partial charge on any atom is 0.430 e. The third-order valence-corrected chi connectivity index (χ3v) is 11.1. The van der Waals surface area contributed by atoms with Crippen molar-refractivity contribution in [2.24, 2.45) is 17.8 Å². The van der Waals surface area contributed by atoms with Gasteiger partial charge in [-0.1, -0.05) is 29.8 Å². The quantitative estimate of drug-likeness (QED) is 0.382. The Kier molecular flexibility index (Phi) is 8.04. The lowest BCUT2D eigenvalue weighted by atomic mass is 9.84. The molecule has 7 nitrogen and oxygen atoms in total. The number of carbonyl (C=O) groups is 1. The van der Waals surface area contributed by atoms with E-state index >= 15 is 0 Å². The molecule has 2 fully saturated rings. The molecule has 2 aliphatic carbocycles. The summed E-state index contributed by atoms with van der Waals surface area (Å²) in [5.41, 5.74) is -6.22. The van der Waals surface area contributed by atoms with E-state index in [4.69, 9.17) is 0 Å². The Balaban J connectivity index is 1.52. The van der Waals surface area contributed by atoms with Crippen LogP contribution < -0.4 is 9.62 Å². The molecule has 5 rings (SSSR count). The molecule has 3 aliphatic rings. The summed E-state index contributed by atoms with van der Waals surface area (Å²) >= 11 is 0. The molecule has 1 heterocycles. The highest BCUT2D eigenvalue weighted by molar-refractivity contribution is 7.92. The van der Waals surface area contributed by atoms with E-state index < -0.39 is 45.5 Å². The van der Waals surface area contributed by atoms with Gasteiger partial charge in [0, 0.05) is 30.6 Å². The van der Waals surface area contributed by atoms with Gasteiger partial charge in [-0.05, 0) is 74.6 Å². The maximum absolute atomic E-state index is 14.0. The number of aryl methyl sites for hydroxylation is 2. The molecule has 0 spiro atoms. The van der Waals surface area contributed by atoms with Gasteiger partial charge in [0.1, 0.15) is 0 Å². The fraction of sp³-hybridized carbons (Fsp3) is 0.552. The van der Waals surface area contributed by atoms with E-state index in [0.29, 0.717) is 18.1 Å². The lowest BCUT2D eigenvalue weighted by molar-refractivity contribution is -0.376. The molecule has 236 valence electrons. The molecule has 2 aromatic carbocycles. The van der Waals surface area contributed by atoms with Crippen molar-refractivity contribution in [2.45, 2.75) is 80.4 Å². The predicted octanol–water partition coefficient (Wildman–Crippen LogP) is 4.73. The van der Waals surface area contributed by atoms with E-state index in [1.165, 1.54) is 12.1 Å². The van der Waals surface area contributed by atoms with Crippen LogP contribution in [0.1, 0.15) is 48.8 Å². The summed E-state index contributed by atoms with van der Waals surface area (Å²) in [6.45, 7) is 1.64. The molecule has 5 atom stereocenters. The van der Waals surface area contributed by atoms with Crippen LogP contribution in [-0.2, 0) is 26.8 Å². The summed E-state index contributed by atoms with van der Waals surface area (Å²) in [6.07, 6.45) is -9.99. The van der Waals surface area contributed by atoms with Crippen LogP contribution in [0.25, 0.3) is 0 Å². The van der Waals surface area contributed by atoms with Gasteiger partial charge in [0.25, 0.3) is 15.6 Å². The second-order valence-corrected chi connectivity index (χ2v) is 13.6. The van der Waals surface area contributed by atoms with E-state index in [9.17, 15) is 49.8 Å². The SMILES string of the molecule is Cc1ccc(S(=O)(=O)N2c3ccc(C(O)(C(F)(F)F)C(F)(F)F)cc3CC[C@H]2CC(=O)N[C@@H]2C3CCC(C3)[C@@H]2CO)cc1. The van der Waals surface area contributed by atoms with Crippen molar-refractivity contribution >= 4 is 21.6 Å². The van der Waals surface area contributed by atoms with Gasteiger partial charge >= 0.3 is 12.4 Å². The Morgan fingerprint density at radius 1 is 0.977 bits per heavy atom. The summed E-state index contributed by atoms with van der Waals surface area (Å²) in [7, 11) is -4.44. The number of benzene rings is 2. The number of alkyl halides is 6. The minimum absolute atomic E-state index is 0.0778. The topological polar surface area (TPSA) is 107 Å². The Hall–Kier alpha value is -2.84. The van der Waals surface area contributed by atoms with Gasteiger partial charge in [0.15, 0.2) is 0 Å². The van der Waals surface area contributed by atoms with E-state index in [0.717, 1.165) is 35.2 Å². The molecule has 3 N–H and O–H groups in total. The number of hydrogen-bond donors (Lipinski definition) is 3. The first kappa shape index (κ1) is 31.6. The first-order valence-electron chi connectivity index (χ1n) is 14.0. The highest BCUT2D eigenvalue weighted by atomic mass is 32.2. The van der Waals surface area contributed by atoms with E-state index in [-0.39, 0.29) is 59.9 Å². The molecule has 0 aromatic heterocycles. The van der Waals surface area contributed by atoms with Crippen molar-refractivity contribution in [1.82, 2.24) is 5.32 Å². The molecule has 14 heteroatoms. The van der Waals surface area contributed by atoms with Crippen molar-refractivity contribution < 1.29 is 49.8 Å². The van der Waals surface area contributed by atoms with Crippen LogP contribution in [0.5, 0.6) is 0 Å². The summed E-state index contributed by atoms with van der Waals surface area (Å²) in [4.78, 5) is 13.1. The number of nitrogens with one attached hydrogen (secondary N) is 1. The lowest BCUT2D eigenvalue weighted by Crippen LogP contribution is -2.54. The summed E-state index contributed by atoms with van der Waals surface area (Å²) < 4.78 is 110. The molecular formula is C29H32F6N2O5S. The molecule has 1 aliphatic heterocycles. The number of anilines is 1. The Morgan fingerprint density at radius 3 is 2.21 bits per heavy atom. The monoisotopic (exact) mass is 634 g/mol. The number of aliphatic hydroxyl groups is 2. The smallest absolute Gasteiger partial charge is 0.396 e. The first-order valence-corrected chi connectivity index (χ1v) is 15.4. The molecule has 1 amide bonds. The first-order chi connectivity index (χ1) is 20.0. The average molecular weight is 635 g/mol. The van der Waals surface area contributed by atoms with Crippen LogP contribution in [0.15, 0.2) is 47.4 Å². The number of halogens is 6. The summed E-state index contributed by atoms with van der Waals surface area (Å²) in [5, 5.41) is 22.8. The van der Waals surface area contributed by atoms with Gasteiger partial charge in [-0.25, -0.2) is 8.42 Å². The number of carbonyl (C=O) groups excluding carboxylic acids is 1. The Morgan fingerprint density at radius 2 is 1.60 bits per heavy atom. The molecule has 2 saturated carbocycles. The zero-order valence-electron chi connectivity index (χ0n) is 23.1. The Bertz CT molecular complexity index is 1460. The summed E-state index contributed by atoms with van der Waals surface area (Å²) in [6, 6.07) is 6.25. The van der Waals surface area contributed by atoms with Crippen molar-refractivity contribution in [2.75, 3.05) is 10.9 Å². The number of aliphatic hydroxyl groups excluding tert-OH is 1. The molecule has 2 bridgehead atoms. The largest absolute Gasteiger partial charge is 0.430 e. The molecule has 0 radical (unpaired) electrons. The van der Waals surface area contributed by atoms with Crippen molar-refractivity contribution in [3.05, 3.63) is 59.2 Å². The van der Waals surface area contributed by atoms with Gasteiger partial charge in [0.2, 0.25) is 5.91 Å². The van der Waals surface area contributed by atoms with Crippen LogP contribution >= 0.6 is 0 Å². The van der Waals surface area contributed by atoms with Gasteiger partial charge in [-0.15, -0.1) is 0 Å². The highest BCUT2D eigenvalue weighted by Gasteiger charge is 2.71. The second-order valence-electron chi connectivity index (χ2n) is 11.8. The number of fused-ring (bicyclic) bond motifs is 3. The van der Waals surface area contributed by atoms with Gasteiger partial charge in [-0.2, -0.15) is 26.3 Å². The van der Waals surface area contributed by atoms with Gasteiger partial charge < -0.3 is 15.5 Å².